The second-order valence-electron chi connectivity index (χ2n) is 7.83. The van der Waals surface area contributed by atoms with Gasteiger partial charge in [-0.2, -0.15) is 0 Å². The first kappa shape index (κ1) is 27.1. The fraction of sp³-hybridized carbons (Fsp3) is 0.160. The summed E-state index contributed by atoms with van der Waals surface area (Å²) in [6, 6.07) is 6.27. The Labute approximate surface area is 204 Å². The van der Waals surface area contributed by atoms with Gasteiger partial charge in [0.1, 0.15) is 12.4 Å². The highest BCUT2D eigenvalue weighted by Gasteiger charge is 2.22. The van der Waals surface area contributed by atoms with E-state index in [1.54, 1.807) is 29.1 Å². The number of carbonyl (C=O) groups is 1. The zero-order valence-electron chi connectivity index (χ0n) is 18.9. The molecule has 0 spiro atoms. The molecule has 0 saturated carbocycles. The zero-order chi connectivity index (χ0) is 26.3. The number of nitrogens with zero attached hydrogens (tertiary/aromatic N) is 2. The molecule has 36 heavy (non-hydrogen) atoms. The van der Waals surface area contributed by atoms with Gasteiger partial charge in [-0.3, -0.25) is 4.57 Å². The van der Waals surface area contributed by atoms with Gasteiger partial charge in [0, 0.05) is 24.3 Å². The van der Waals surface area contributed by atoms with Crippen LogP contribution in [0.5, 0.6) is 0 Å². The van der Waals surface area contributed by atoms with Gasteiger partial charge < -0.3 is 14.6 Å². The SMILES string of the molecule is O=CCC[n+]1ccc(/C=C/c2c(F)c(F)c(/C=C/c3cc[n+](CCP(=O)(O)O)cc3)c(F)c2F)cc1. The molecule has 0 aliphatic heterocycles. The quantitative estimate of drug-likeness (QED) is 0.139. The van der Waals surface area contributed by atoms with Crippen molar-refractivity contribution in [3.05, 3.63) is 94.6 Å². The molecule has 2 heterocycles. The van der Waals surface area contributed by atoms with Gasteiger partial charge in [-0.05, 0) is 23.3 Å². The average molecular weight is 522 g/mol. The van der Waals surface area contributed by atoms with Gasteiger partial charge in [0.25, 0.3) is 0 Å². The Balaban J connectivity index is 1.79. The van der Waals surface area contributed by atoms with Gasteiger partial charge in [0.15, 0.2) is 61.1 Å². The molecule has 0 aliphatic rings. The van der Waals surface area contributed by atoms with E-state index in [0.29, 0.717) is 24.1 Å². The largest absolute Gasteiger partial charge is 0.331 e. The highest BCUT2D eigenvalue weighted by Crippen LogP contribution is 2.33. The van der Waals surface area contributed by atoms with Crippen LogP contribution >= 0.6 is 7.60 Å². The summed E-state index contributed by atoms with van der Waals surface area (Å²) in [5.41, 5.74) is -0.759. The molecule has 0 bridgehead atoms. The Bertz CT molecular complexity index is 1310. The number of rotatable bonds is 10. The Hall–Kier alpha value is -3.46. The number of pyridine rings is 2. The zero-order valence-corrected chi connectivity index (χ0v) is 19.8. The van der Waals surface area contributed by atoms with Crippen molar-refractivity contribution in [3.8, 4) is 0 Å². The normalized spacial score (nSPS) is 12.1. The van der Waals surface area contributed by atoms with E-state index < -0.39 is 42.0 Å². The molecular formula is C25H23F4N2O4P+2. The Morgan fingerprint density at radius 1 is 0.694 bits per heavy atom. The molecule has 0 saturated heterocycles. The number of hydrogen-bond donors (Lipinski definition) is 2. The third-order valence-electron chi connectivity index (χ3n) is 5.20. The number of benzene rings is 1. The van der Waals surface area contributed by atoms with Crippen molar-refractivity contribution in [1.82, 2.24) is 0 Å². The maximum atomic E-state index is 14.6. The fourth-order valence-corrected chi connectivity index (χ4v) is 3.71. The number of aldehydes is 1. The van der Waals surface area contributed by atoms with E-state index in [-0.39, 0.29) is 12.7 Å². The summed E-state index contributed by atoms with van der Waals surface area (Å²) in [6.07, 6.45) is 11.5. The molecule has 0 unspecified atom stereocenters. The molecule has 0 radical (unpaired) electrons. The first-order chi connectivity index (χ1) is 17.1. The van der Waals surface area contributed by atoms with E-state index >= 15 is 0 Å². The summed E-state index contributed by atoms with van der Waals surface area (Å²) >= 11 is 0. The van der Waals surface area contributed by atoms with Crippen LogP contribution in [-0.4, -0.2) is 22.2 Å². The molecule has 6 nitrogen and oxygen atoms in total. The molecule has 3 rings (SSSR count). The van der Waals surface area contributed by atoms with E-state index in [1.165, 1.54) is 41.2 Å². The molecule has 188 valence electrons. The highest BCUT2D eigenvalue weighted by molar-refractivity contribution is 7.51. The van der Waals surface area contributed by atoms with Gasteiger partial charge in [-0.15, -0.1) is 0 Å². The third-order valence-corrected chi connectivity index (χ3v) is 5.99. The number of carbonyl (C=O) groups excluding carboxylic acids is 1. The van der Waals surface area contributed by atoms with Gasteiger partial charge in [0.2, 0.25) is 0 Å². The van der Waals surface area contributed by atoms with Crippen LogP contribution in [0.15, 0.2) is 49.1 Å². The summed E-state index contributed by atoms with van der Waals surface area (Å²) < 4.78 is 72.6. The van der Waals surface area contributed by atoms with E-state index in [9.17, 15) is 26.9 Å². The molecule has 0 amide bonds. The number of halogens is 4. The van der Waals surface area contributed by atoms with Crippen molar-refractivity contribution >= 4 is 38.2 Å². The minimum absolute atomic E-state index is 0.0616. The first-order valence-electron chi connectivity index (χ1n) is 10.8. The summed E-state index contributed by atoms with van der Waals surface area (Å²) in [5, 5.41) is 0. The van der Waals surface area contributed by atoms with Gasteiger partial charge in [-0.1, -0.05) is 12.2 Å². The van der Waals surface area contributed by atoms with Crippen molar-refractivity contribution in [2.75, 3.05) is 6.16 Å². The molecule has 2 N–H and O–H groups in total. The lowest BCUT2D eigenvalue weighted by Crippen LogP contribution is -2.34. The topological polar surface area (TPSA) is 82.4 Å². The van der Waals surface area contributed by atoms with Gasteiger partial charge in [-0.25, -0.2) is 26.7 Å². The van der Waals surface area contributed by atoms with Crippen molar-refractivity contribution in [2.45, 2.75) is 19.5 Å². The van der Waals surface area contributed by atoms with Crippen LogP contribution in [0.25, 0.3) is 24.3 Å². The van der Waals surface area contributed by atoms with Crippen LogP contribution in [0.4, 0.5) is 17.6 Å². The molecule has 0 fully saturated rings. The third kappa shape index (κ3) is 7.27. The van der Waals surface area contributed by atoms with Crippen LogP contribution in [0, 0.1) is 23.3 Å². The molecule has 11 heteroatoms. The van der Waals surface area contributed by atoms with E-state index in [0.717, 1.165) is 18.4 Å². The molecule has 1 aromatic carbocycles. The fourth-order valence-electron chi connectivity index (χ4n) is 3.22. The molecule has 2 aromatic heterocycles. The van der Waals surface area contributed by atoms with Crippen LogP contribution in [0.2, 0.25) is 0 Å². The van der Waals surface area contributed by atoms with Crippen LogP contribution in [0.1, 0.15) is 28.7 Å². The lowest BCUT2D eigenvalue weighted by molar-refractivity contribution is -0.695. The molecule has 0 atom stereocenters. The summed E-state index contributed by atoms with van der Waals surface area (Å²) in [4.78, 5) is 28.3. The maximum absolute atomic E-state index is 14.6. The predicted octanol–water partition coefficient (Wildman–Crippen LogP) is 3.93. The molecular weight excluding hydrogens is 499 g/mol. The lowest BCUT2D eigenvalue weighted by Gasteiger charge is -2.07. The number of aromatic nitrogens is 2. The van der Waals surface area contributed by atoms with Gasteiger partial charge in [0.05, 0.1) is 17.5 Å². The smallest absolute Gasteiger partial charge is 0.324 e. The van der Waals surface area contributed by atoms with E-state index in [4.69, 9.17) is 9.79 Å². The second-order valence-corrected chi connectivity index (χ2v) is 9.61. The lowest BCUT2D eigenvalue weighted by atomic mass is 10.0. The van der Waals surface area contributed by atoms with Crippen LogP contribution in [0.3, 0.4) is 0 Å². The Morgan fingerprint density at radius 3 is 1.44 bits per heavy atom. The summed E-state index contributed by atoms with van der Waals surface area (Å²) in [6.45, 7) is 0.536. The maximum Gasteiger partial charge on any atom is 0.331 e. The molecule has 0 aliphatic carbocycles. The Kier molecular flexibility index (Phi) is 9.03. The van der Waals surface area contributed by atoms with Crippen LogP contribution < -0.4 is 9.13 Å². The monoisotopic (exact) mass is 522 g/mol. The summed E-state index contributed by atoms with van der Waals surface area (Å²) in [7, 11) is -4.15. The summed E-state index contributed by atoms with van der Waals surface area (Å²) in [5.74, 6) is -6.16. The number of hydrogen-bond acceptors (Lipinski definition) is 2. The van der Waals surface area contributed by atoms with Crippen molar-refractivity contribution in [3.63, 3.8) is 0 Å². The van der Waals surface area contributed by atoms with Crippen molar-refractivity contribution < 1.29 is 45.8 Å². The van der Waals surface area contributed by atoms with E-state index in [1.807, 2.05) is 0 Å². The van der Waals surface area contributed by atoms with Crippen molar-refractivity contribution in [1.29, 1.82) is 0 Å². The van der Waals surface area contributed by atoms with Crippen molar-refractivity contribution in [2.24, 2.45) is 0 Å². The minimum atomic E-state index is -4.15. The number of aryl methyl sites for hydroxylation is 2. The van der Waals surface area contributed by atoms with Gasteiger partial charge >= 0.3 is 7.60 Å². The van der Waals surface area contributed by atoms with Crippen LogP contribution in [-0.2, 0) is 22.4 Å². The van der Waals surface area contributed by atoms with E-state index in [2.05, 4.69) is 0 Å². The minimum Gasteiger partial charge on any atom is -0.324 e. The molecule has 3 aromatic rings. The Morgan fingerprint density at radius 2 is 1.08 bits per heavy atom. The average Bonchev–Trinajstić information content (AvgIpc) is 2.86. The first-order valence-corrected chi connectivity index (χ1v) is 12.6. The standard InChI is InChI=1S/C25H21F4N2O4P/c26-22-20(4-2-18-6-11-30(12-7-18)10-1-16-32)23(27)25(29)21(24(22)28)5-3-19-8-13-31(14-9-19)15-17-36(33,34)35/h2-9,11-14,16H,1,10,15,17H2/p+2/b4-2+,5-3+. The predicted molar refractivity (Wildman–Crippen MR) is 125 cm³/mol. The second kappa shape index (κ2) is 12.0. The highest BCUT2D eigenvalue weighted by atomic mass is 31.2.